The molecule has 0 aliphatic carbocycles. The van der Waals surface area contributed by atoms with Crippen LogP contribution in [-0.2, 0) is 14.3 Å². The first-order valence-corrected chi connectivity index (χ1v) is 10.5. The summed E-state index contributed by atoms with van der Waals surface area (Å²) in [5.41, 5.74) is 4.12. The van der Waals surface area contributed by atoms with Gasteiger partial charge >= 0.3 is 0 Å². The van der Waals surface area contributed by atoms with E-state index in [2.05, 4.69) is 16.0 Å². The molecule has 0 saturated heterocycles. The fourth-order valence-electron chi connectivity index (χ4n) is 3.01. The van der Waals surface area contributed by atoms with Gasteiger partial charge in [-0.3, -0.25) is 19.6 Å². The van der Waals surface area contributed by atoms with E-state index in [4.69, 9.17) is 9.94 Å². The minimum atomic E-state index is -1.29. The molecule has 6 N–H and O–H groups in total. The predicted octanol–water partition coefficient (Wildman–Crippen LogP) is 0.903. The lowest BCUT2D eigenvalue weighted by molar-refractivity contribution is -0.133. The highest BCUT2D eigenvalue weighted by Gasteiger charge is 2.25. The van der Waals surface area contributed by atoms with E-state index in [1.54, 1.807) is 43.5 Å². The molecule has 0 bridgehead atoms. The summed E-state index contributed by atoms with van der Waals surface area (Å²) in [6, 6.07) is 12.7. The zero-order chi connectivity index (χ0) is 24.2. The smallest absolute Gasteiger partial charge is 0.268 e. The van der Waals surface area contributed by atoms with Crippen LogP contribution in [0.15, 0.2) is 48.5 Å². The molecule has 2 aromatic carbocycles. The van der Waals surface area contributed by atoms with Crippen molar-refractivity contribution in [1.82, 2.24) is 16.1 Å². The van der Waals surface area contributed by atoms with E-state index in [0.29, 0.717) is 18.8 Å². The van der Waals surface area contributed by atoms with Gasteiger partial charge in [0.1, 0.15) is 6.04 Å². The van der Waals surface area contributed by atoms with Crippen molar-refractivity contribution in [3.8, 4) is 11.1 Å². The molecule has 0 unspecified atom stereocenters. The van der Waals surface area contributed by atoms with Crippen LogP contribution in [0.4, 0.5) is 5.69 Å². The summed E-state index contributed by atoms with van der Waals surface area (Å²) in [6.07, 6.45) is -0.358. The van der Waals surface area contributed by atoms with Crippen molar-refractivity contribution in [2.45, 2.75) is 25.5 Å². The van der Waals surface area contributed by atoms with Gasteiger partial charge in [-0.05, 0) is 55.3 Å². The minimum absolute atomic E-state index is 0.138. The number of methoxy groups -OCH3 is 1. The number of hydroxylamine groups is 1. The van der Waals surface area contributed by atoms with Gasteiger partial charge in [-0.1, -0.05) is 24.3 Å². The Bertz CT molecular complexity index is 916. The van der Waals surface area contributed by atoms with Crippen molar-refractivity contribution >= 4 is 23.4 Å². The number of hydrogen-bond donors (Lipinski definition) is 6. The molecule has 3 amide bonds. The highest BCUT2D eigenvalue weighted by atomic mass is 16.5. The third kappa shape index (κ3) is 8.28. The molecule has 0 aliphatic heterocycles. The van der Waals surface area contributed by atoms with Crippen LogP contribution in [0, 0.1) is 0 Å². The van der Waals surface area contributed by atoms with Gasteiger partial charge in [0.15, 0.2) is 0 Å². The Morgan fingerprint density at radius 2 is 1.61 bits per heavy atom. The molecule has 178 valence electrons. The minimum Gasteiger partial charge on any atom is -0.391 e. The Morgan fingerprint density at radius 1 is 1.00 bits per heavy atom. The Morgan fingerprint density at radius 3 is 2.15 bits per heavy atom. The van der Waals surface area contributed by atoms with Gasteiger partial charge in [0.05, 0.1) is 12.6 Å². The first kappa shape index (κ1) is 25.9. The number of aliphatic hydroxyl groups is 1. The number of aliphatic hydroxyl groups excluding tert-OH is 1. The number of hydrogen-bond acceptors (Lipinski definition) is 7. The molecule has 0 radical (unpaired) electrons. The standard InChI is InChI=1S/C23H30N4O6/c1-15(28)21(23(31)27-32)26-22(30)18-6-4-16(5-7-18)17-8-10-19(11-9-17)25-20(29)14-24-12-3-13-33-2/h4-11,15,21,24,28,32H,3,12-14H2,1-2H3,(H,25,29)(H,26,30)(H,27,31)/t15-,21+/m1/s1. The van der Waals surface area contributed by atoms with Crippen LogP contribution >= 0.6 is 0 Å². The lowest BCUT2D eigenvalue weighted by Gasteiger charge is -2.19. The molecular weight excluding hydrogens is 428 g/mol. The van der Waals surface area contributed by atoms with E-state index in [0.717, 1.165) is 17.5 Å². The van der Waals surface area contributed by atoms with Crippen LogP contribution in [0.1, 0.15) is 23.7 Å². The summed E-state index contributed by atoms with van der Waals surface area (Å²) in [7, 11) is 1.64. The van der Waals surface area contributed by atoms with Crippen LogP contribution in [0.5, 0.6) is 0 Å². The number of anilines is 1. The van der Waals surface area contributed by atoms with E-state index in [1.807, 2.05) is 12.1 Å². The third-order valence-corrected chi connectivity index (χ3v) is 4.80. The van der Waals surface area contributed by atoms with E-state index in [9.17, 15) is 19.5 Å². The lowest BCUT2D eigenvalue weighted by atomic mass is 10.0. The van der Waals surface area contributed by atoms with Crippen molar-refractivity contribution in [3.05, 3.63) is 54.1 Å². The van der Waals surface area contributed by atoms with E-state index >= 15 is 0 Å². The number of carbonyl (C=O) groups excluding carboxylic acids is 3. The normalized spacial score (nSPS) is 12.5. The van der Waals surface area contributed by atoms with Crippen molar-refractivity contribution in [2.75, 3.05) is 32.1 Å². The second kappa shape index (κ2) is 13.3. The van der Waals surface area contributed by atoms with Gasteiger partial charge in [-0.2, -0.15) is 0 Å². The summed E-state index contributed by atoms with van der Waals surface area (Å²) in [4.78, 5) is 35.9. The second-order valence-corrected chi connectivity index (χ2v) is 7.39. The molecule has 10 heteroatoms. The van der Waals surface area contributed by atoms with E-state index in [-0.39, 0.29) is 18.0 Å². The van der Waals surface area contributed by atoms with Crippen LogP contribution in [0.2, 0.25) is 0 Å². The molecule has 0 aliphatic rings. The van der Waals surface area contributed by atoms with Gasteiger partial charge in [0.2, 0.25) is 5.91 Å². The van der Waals surface area contributed by atoms with Crippen LogP contribution < -0.4 is 21.4 Å². The van der Waals surface area contributed by atoms with Crippen molar-refractivity contribution in [3.63, 3.8) is 0 Å². The Labute approximate surface area is 192 Å². The maximum Gasteiger partial charge on any atom is 0.268 e. The first-order valence-electron chi connectivity index (χ1n) is 10.5. The number of ether oxygens (including phenoxy) is 1. The van der Waals surface area contributed by atoms with E-state index < -0.39 is 24.0 Å². The molecule has 2 atom stereocenters. The molecule has 0 fully saturated rings. The highest BCUT2D eigenvalue weighted by molar-refractivity contribution is 5.98. The zero-order valence-electron chi connectivity index (χ0n) is 18.6. The van der Waals surface area contributed by atoms with Gasteiger partial charge in [0.25, 0.3) is 11.8 Å². The molecule has 0 saturated carbocycles. The largest absolute Gasteiger partial charge is 0.391 e. The third-order valence-electron chi connectivity index (χ3n) is 4.80. The molecule has 33 heavy (non-hydrogen) atoms. The molecule has 0 heterocycles. The monoisotopic (exact) mass is 458 g/mol. The van der Waals surface area contributed by atoms with Crippen molar-refractivity contribution in [2.24, 2.45) is 0 Å². The number of nitrogens with one attached hydrogen (secondary N) is 4. The molecule has 0 aromatic heterocycles. The molecular formula is C23H30N4O6. The molecule has 10 nitrogen and oxygen atoms in total. The number of benzene rings is 2. The topological polar surface area (TPSA) is 149 Å². The Kier molecular flexibility index (Phi) is 10.4. The number of amides is 3. The Hall–Kier alpha value is -3.31. The summed E-state index contributed by atoms with van der Waals surface area (Å²) < 4.78 is 4.95. The fourth-order valence-corrected chi connectivity index (χ4v) is 3.01. The van der Waals surface area contributed by atoms with Gasteiger partial charge < -0.3 is 25.8 Å². The second-order valence-electron chi connectivity index (χ2n) is 7.39. The Balaban J connectivity index is 1.93. The highest BCUT2D eigenvalue weighted by Crippen LogP contribution is 2.22. The van der Waals surface area contributed by atoms with Gasteiger partial charge in [-0.25, -0.2) is 5.48 Å². The first-order chi connectivity index (χ1) is 15.8. The van der Waals surface area contributed by atoms with Crippen molar-refractivity contribution < 1.29 is 29.4 Å². The van der Waals surface area contributed by atoms with Crippen LogP contribution in [-0.4, -0.2) is 67.0 Å². The van der Waals surface area contributed by atoms with Crippen molar-refractivity contribution in [1.29, 1.82) is 0 Å². The molecule has 2 aromatic rings. The summed E-state index contributed by atoms with van der Waals surface area (Å²) in [5.74, 6) is -1.62. The van der Waals surface area contributed by atoms with Crippen LogP contribution in [0.25, 0.3) is 11.1 Å². The van der Waals surface area contributed by atoms with E-state index in [1.165, 1.54) is 12.4 Å². The van der Waals surface area contributed by atoms with Crippen LogP contribution in [0.3, 0.4) is 0 Å². The van der Waals surface area contributed by atoms with Gasteiger partial charge in [0, 0.05) is 25.0 Å². The predicted molar refractivity (Wildman–Crippen MR) is 123 cm³/mol. The molecule has 2 rings (SSSR count). The average molecular weight is 459 g/mol. The average Bonchev–Trinajstić information content (AvgIpc) is 2.82. The number of carbonyl (C=O) groups is 3. The SMILES string of the molecule is COCCCNCC(=O)Nc1ccc(-c2ccc(C(=O)N[C@H](C(=O)NO)[C@@H](C)O)cc2)cc1. The fraction of sp³-hybridized carbons (Fsp3) is 0.348. The number of rotatable bonds is 12. The van der Waals surface area contributed by atoms with Gasteiger partial charge in [-0.15, -0.1) is 0 Å². The lowest BCUT2D eigenvalue weighted by Crippen LogP contribution is -2.51. The molecule has 0 spiro atoms. The maximum absolute atomic E-state index is 12.4. The summed E-state index contributed by atoms with van der Waals surface area (Å²) in [6.45, 7) is 2.88. The zero-order valence-corrected chi connectivity index (χ0v) is 18.6. The summed E-state index contributed by atoms with van der Waals surface area (Å²) in [5, 5.41) is 26.6. The maximum atomic E-state index is 12.4. The quantitative estimate of drug-likeness (QED) is 0.157. The summed E-state index contributed by atoms with van der Waals surface area (Å²) >= 11 is 0.